The highest BCUT2D eigenvalue weighted by Gasteiger charge is 2.34. The third-order valence-electron chi connectivity index (χ3n) is 5.18. The van der Waals surface area contributed by atoms with Gasteiger partial charge in [-0.1, -0.05) is 29.8 Å². The van der Waals surface area contributed by atoms with E-state index in [2.05, 4.69) is 4.98 Å². The number of aromatic nitrogens is 1. The van der Waals surface area contributed by atoms with Crippen LogP contribution in [0.5, 0.6) is 0 Å². The van der Waals surface area contributed by atoms with E-state index in [1.165, 1.54) is 23.1 Å². The summed E-state index contributed by atoms with van der Waals surface area (Å²) in [4.78, 5) is 18.6. The van der Waals surface area contributed by atoms with Gasteiger partial charge in [0.15, 0.2) is 9.84 Å². The van der Waals surface area contributed by atoms with Crippen LogP contribution in [0.1, 0.15) is 27.2 Å². The Morgan fingerprint density at radius 2 is 1.75 bits per heavy atom. The molecule has 166 valence electrons. The first kappa shape index (κ1) is 22.3. The molecule has 32 heavy (non-hydrogen) atoms. The van der Waals surface area contributed by atoms with Crippen molar-refractivity contribution in [3.63, 3.8) is 0 Å². The number of rotatable bonds is 3. The van der Waals surface area contributed by atoms with Gasteiger partial charge in [0.2, 0.25) is 0 Å². The third kappa shape index (κ3) is 4.35. The molecule has 4 rings (SSSR count). The molecule has 0 bridgehead atoms. The highest BCUT2D eigenvalue weighted by atomic mass is 35.5. The van der Waals surface area contributed by atoms with Crippen LogP contribution in [0.3, 0.4) is 0 Å². The van der Waals surface area contributed by atoms with Crippen LogP contribution in [-0.4, -0.2) is 30.5 Å². The van der Waals surface area contributed by atoms with Crippen LogP contribution in [0.15, 0.2) is 59.6 Å². The van der Waals surface area contributed by atoms with Crippen LogP contribution >= 0.6 is 11.6 Å². The number of alkyl halides is 3. The molecule has 0 spiro atoms. The number of nitrogens with zero attached hydrogens (tertiary/aromatic N) is 2. The Balaban J connectivity index is 1.74. The zero-order valence-electron chi connectivity index (χ0n) is 16.6. The average molecular weight is 481 g/mol. The SMILES string of the molecule is CS(=O)(=O)c1ccc(-c2ccc(Cl)cc2)c(C(=O)N2Cc3cc(C(F)(F)F)cnc3C2)c1. The monoisotopic (exact) mass is 480 g/mol. The van der Waals surface area contributed by atoms with E-state index in [0.29, 0.717) is 27.4 Å². The summed E-state index contributed by atoms with van der Waals surface area (Å²) >= 11 is 5.94. The Bertz CT molecular complexity index is 1320. The highest BCUT2D eigenvalue weighted by molar-refractivity contribution is 7.90. The average Bonchev–Trinajstić information content (AvgIpc) is 3.15. The van der Waals surface area contributed by atoms with E-state index in [9.17, 15) is 26.4 Å². The standard InChI is InChI=1S/C22H16ClF3N2O3S/c1-32(30,31)17-6-7-18(13-2-4-16(23)5-3-13)19(9-17)21(29)28-11-14-8-15(22(24,25)26)10-27-20(14)12-28/h2-10H,11-12H2,1H3. The number of benzene rings is 2. The summed E-state index contributed by atoms with van der Waals surface area (Å²) in [5.41, 5.74) is 1.05. The molecule has 0 saturated heterocycles. The zero-order valence-corrected chi connectivity index (χ0v) is 18.2. The lowest BCUT2D eigenvalue weighted by Crippen LogP contribution is -2.26. The van der Waals surface area contributed by atoms with E-state index in [0.717, 1.165) is 18.5 Å². The molecule has 10 heteroatoms. The van der Waals surface area contributed by atoms with Gasteiger partial charge in [-0.25, -0.2) is 8.42 Å². The third-order valence-corrected chi connectivity index (χ3v) is 6.54. The number of sulfone groups is 1. The van der Waals surface area contributed by atoms with Crippen molar-refractivity contribution in [1.82, 2.24) is 9.88 Å². The zero-order chi connectivity index (χ0) is 23.3. The fourth-order valence-corrected chi connectivity index (χ4v) is 4.31. The molecular formula is C22H16ClF3N2O3S. The Hall–Kier alpha value is -2.91. The first-order chi connectivity index (χ1) is 14.9. The van der Waals surface area contributed by atoms with E-state index in [4.69, 9.17) is 11.6 Å². The maximum Gasteiger partial charge on any atom is 0.417 e. The molecule has 0 unspecified atom stereocenters. The number of hydrogen-bond donors (Lipinski definition) is 0. The van der Waals surface area contributed by atoms with Crippen molar-refractivity contribution < 1.29 is 26.4 Å². The maximum absolute atomic E-state index is 13.4. The molecular weight excluding hydrogens is 465 g/mol. The fraction of sp³-hybridized carbons (Fsp3) is 0.182. The van der Waals surface area contributed by atoms with Crippen LogP contribution in [0.2, 0.25) is 5.02 Å². The molecule has 1 aliphatic heterocycles. The summed E-state index contributed by atoms with van der Waals surface area (Å²) in [5.74, 6) is -0.507. The van der Waals surface area contributed by atoms with E-state index >= 15 is 0 Å². The van der Waals surface area contributed by atoms with Crippen molar-refractivity contribution in [2.75, 3.05) is 6.26 Å². The molecule has 0 atom stereocenters. The van der Waals surface area contributed by atoms with Gasteiger partial charge >= 0.3 is 6.18 Å². The van der Waals surface area contributed by atoms with Gasteiger partial charge in [-0.15, -0.1) is 0 Å². The van der Waals surface area contributed by atoms with E-state index in [-0.39, 0.29) is 23.5 Å². The summed E-state index contributed by atoms with van der Waals surface area (Å²) in [6, 6.07) is 11.9. The molecule has 3 aromatic rings. The topological polar surface area (TPSA) is 67.3 Å². The summed E-state index contributed by atoms with van der Waals surface area (Å²) in [6.07, 6.45) is -2.76. The lowest BCUT2D eigenvalue weighted by atomic mass is 9.99. The Morgan fingerprint density at radius 3 is 2.38 bits per heavy atom. The van der Waals surface area contributed by atoms with Gasteiger partial charge in [-0.2, -0.15) is 13.2 Å². The van der Waals surface area contributed by atoms with Gasteiger partial charge < -0.3 is 4.90 Å². The Labute approximate surface area is 187 Å². The Kier molecular flexibility index (Phi) is 5.50. The predicted octanol–water partition coefficient (Wildman–Crippen LogP) is 4.98. The van der Waals surface area contributed by atoms with Crippen molar-refractivity contribution in [3.05, 3.63) is 82.1 Å². The van der Waals surface area contributed by atoms with E-state index in [1.807, 2.05) is 0 Å². The molecule has 1 aromatic heterocycles. The van der Waals surface area contributed by atoms with Gasteiger partial charge in [0.05, 0.1) is 22.7 Å². The van der Waals surface area contributed by atoms with Crippen molar-refractivity contribution in [1.29, 1.82) is 0 Å². The normalized spacial score (nSPS) is 13.8. The van der Waals surface area contributed by atoms with E-state index < -0.39 is 27.5 Å². The second-order valence-electron chi connectivity index (χ2n) is 7.48. The number of hydrogen-bond acceptors (Lipinski definition) is 4. The van der Waals surface area contributed by atoms with Crippen molar-refractivity contribution in [2.24, 2.45) is 0 Å². The molecule has 0 saturated carbocycles. The number of amides is 1. The van der Waals surface area contributed by atoms with Crippen molar-refractivity contribution in [2.45, 2.75) is 24.2 Å². The lowest BCUT2D eigenvalue weighted by molar-refractivity contribution is -0.137. The van der Waals surface area contributed by atoms with Crippen LogP contribution in [0, 0.1) is 0 Å². The summed E-state index contributed by atoms with van der Waals surface area (Å²) < 4.78 is 63.2. The second kappa shape index (κ2) is 7.90. The lowest BCUT2D eigenvalue weighted by Gasteiger charge is -2.18. The minimum atomic E-state index is -4.54. The van der Waals surface area contributed by atoms with Gasteiger partial charge in [-0.3, -0.25) is 9.78 Å². The maximum atomic E-state index is 13.4. The van der Waals surface area contributed by atoms with Crippen LogP contribution in [0.25, 0.3) is 11.1 Å². The number of carbonyl (C=O) groups is 1. The minimum absolute atomic E-state index is 0.0233. The van der Waals surface area contributed by atoms with Gasteiger partial charge in [0.1, 0.15) is 0 Å². The molecule has 5 nitrogen and oxygen atoms in total. The molecule has 2 heterocycles. The molecule has 0 fully saturated rings. The minimum Gasteiger partial charge on any atom is -0.328 e. The Morgan fingerprint density at radius 1 is 1.06 bits per heavy atom. The fourth-order valence-electron chi connectivity index (χ4n) is 3.54. The van der Waals surface area contributed by atoms with Gasteiger partial charge in [-0.05, 0) is 47.0 Å². The summed E-state index contributed by atoms with van der Waals surface area (Å²) in [5, 5.41) is 0.496. The van der Waals surface area contributed by atoms with Crippen molar-refractivity contribution in [3.8, 4) is 11.1 Å². The quantitative estimate of drug-likeness (QED) is 0.530. The van der Waals surface area contributed by atoms with Crippen LogP contribution in [-0.2, 0) is 29.1 Å². The number of pyridine rings is 1. The number of halogens is 4. The summed E-state index contributed by atoms with van der Waals surface area (Å²) in [7, 11) is -3.59. The largest absolute Gasteiger partial charge is 0.417 e. The molecule has 1 amide bonds. The predicted molar refractivity (Wildman–Crippen MR) is 113 cm³/mol. The smallest absolute Gasteiger partial charge is 0.328 e. The first-order valence-corrected chi connectivity index (χ1v) is 11.6. The van der Waals surface area contributed by atoms with Crippen molar-refractivity contribution >= 4 is 27.3 Å². The van der Waals surface area contributed by atoms with Gasteiger partial charge in [0, 0.05) is 29.6 Å². The molecule has 0 radical (unpaired) electrons. The van der Waals surface area contributed by atoms with Crippen LogP contribution in [0.4, 0.5) is 13.2 Å². The molecule has 2 aromatic carbocycles. The second-order valence-corrected chi connectivity index (χ2v) is 9.93. The molecule has 0 N–H and O–H groups in total. The summed E-state index contributed by atoms with van der Waals surface area (Å²) in [6.45, 7) is -0.0380. The molecule has 1 aliphatic rings. The highest BCUT2D eigenvalue weighted by Crippen LogP contribution is 2.34. The van der Waals surface area contributed by atoms with Crippen LogP contribution < -0.4 is 0 Å². The first-order valence-electron chi connectivity index (χ1n) is 9.38. The van der Waals surface area contributed by atoms with Gasteiger partial charge in [0.25, 0.3) is 5.91 Å². The van der Waals surface area contributed by atoms with E-state index in [1.54, 1.807) is 24.3 Å². The molecule has 0 aliphatic carbocycles. The number of carbonyl (C=O) groups excluding carboxylic acids is 1. The number of fused-ring (bicyclic) bond motifs is 1.